The Morgan fingerprint density at radius 3 is 2.61 bits per heavy atom. The van der Waals surface area contributed by atoms with E-state index in [4.69, 9.17) is 28.6 Å². The van der Waals surface area contributed by atoms with Gasteiger partial charge in [0.1, 0.15) is 5.84 Å². The number of allylic oxidation sites excluding steroid dienone is 1. The molecule has 0 saturated carbocycles. The molecule has 0 saturated heterocycles. The van der Waals surface area contributed by atoms with Crippen LogP contribution in [-0.2, 0) is 4.79 Å². The highest BCUT2D eigenvalue weighted by Crippen LogP contribution is 2.33. The van der Waals surface area contributed by atoms with E-state index in [2.05, 4.69) is 4.99 Å². The average molecular weight is 431 g/mol. The van der Waals surface area contributed by atoms with Gasteiger partial charge in [-0.05, 0) is 56.7 Å². The fraction of sp³-hybridized carbons (Fsp3) is 0.150. The standard InChI is InChI=1S/C20H16Cl2N4OS/c1-10-6-13(12(3)26(10)14-4-5-16(21)17(22)8-14)7-15-18(23)25-9-11(2)28-20(25)24-19(15)27/h4-9,23H,1-3H3/b15-7-,23-18?. The van der Waals surface area contributed by atoms with E-state index < -0.39 is 5.91 Å². The first-order valence-electron chi connectivity index (χ1n) is 8.50. The van der Waals surface area contributed by atoms with E-state index in [1.54, 1.807) is 23.1 Å². The summed E-state index contributed by atoms with van der Waals surface area (Å²) in [5.41, 5.74) is 3.91. The van der Waals surface area contributed by atoms with E-state index >= 15 is 0 Å². The van der Waals surface area contributed by atoms with Gasteiger partial charge in [-0.1, -0.05) is 35.0 Å². The number of aryl methyl sites for hydroxylation is 1. The zero-order valence-corrected chi connectivity index (χ0v) is 17.7. The number of carbonyl (C=O) groups excluding carboxylic acids is 1. The highest BCUT2D eigenvalue weighted by molar-refractivity contribution is 8.17. The van der Waals surface area contributed by atoms with E-state index in [0.29, 0.717) is 15.2 Å². The number of nitrogens with one attached hydrogen (secondary N) is 1. The molecule has 3 heterocycles. The summed E-state index contributed by atoms with van der Waals surface area (Å²) < 4.78 is 2.04. The first-order chi connectivity index (χ1) is 13.3. The molecule has 1 amide bonds. The lowest BCUT2D eigenvalue weighted by Crippen LogP contribution is -2.35. The molecule has 0 fully saturated rings. The second-order valence-corrected chi connectivity index (χ2v) is 8.61. The van der Waals surface area contributed by atoms with Crippen LogP contribution >= 0.6 is 35.0 Å². The molecule has 0 aliphatic carbocycles. The molecule has 0 atom stereocenters. The van der Waals surface area contributed by atoms with E-state index in [-0.39, 0.29) is 11.4 Å². The molecule has 1 aromatic heterocycles. The molecule has 5 nitrogen and oxygen atoms in total. The first-order valence-corrected chi connectivity index (χ1v) is 10.1. The zero-order valence-electron chi connectivity index (χ0n) is 15.4. The summed E-state index contributed by atoms with van der Waals surface area (Å²) in [4.78, 5) is 19.3. The van der Waals surface area contributed by atoms with Crippen LogP contribution in [0.4, 0.5) is 0 Å². The van der Waals surface area contributed by atoms with Crippen molar-refractivity contribution in [2.75, 3.05) is 0 Å². The van der Waals surface area contributed by atoms with Crippen LogP contribution in [0.1, 0.15) is 23.9 Å². The van der Waals surface area contributed by atoms with Crippen LogP contribution in [0.25, 0.3) is 11.8 Å². The second kappa shape index (κ2) is 6.95. The number of benzene rings is 1. The van der Waals surface area contributed by atoms with Gasteiger partial charge in [-0.2, -0.15) is 4.99 Å². The Hall–Kier alpha value is -2.28. The summed E-state index contributed by atoms with van der Waals surface area (Å²) in [5, 5.41) is 9.96. The van der Waals surface area contributed by atoms with Crippen molar-refractivity contribution in [2.24, 2.45) is 4.99 Å². The second-order valence-electron chi connectivity index (χ2n) is 6.58. The van der Waals surface area contributed by atoms with Crippen LogP contribution < -0.4 is 0 Å². The van der Waals surface area contributed by atoms with E-state index in [1.165, 1.54) is 11.8 Å². The summed E-state index contributed by atoms with van der Waals surface area (Å²) in [6.45, 7) is 5.87. The summed E-state index contributed by atoms with van der Waals surface area (Å²) in [5.74, 6) is -0.259. The molecular formula is C20H16Cl2N4OS. The third-order valence-corrected chi connectivity index (χ3v) is 6.26. The number of halogens is 2. The average Bonchev–Trinajstić information content (AvgIpc) is 3.13. The van der Waals surface area contributed by atoms with E-state index in [9.17, 15) is 4.79 Å². The lowest BCUT2D eigenvalue weighted by molar-refractivity contribution is -0.114. The molecule has 0 spiro atoms. The third-order valence-electron chi connectivity index (χ3n) is 4.62. The number of thioether (sulfide) groups is 1. The lowest BCUT2D eigenvalue weighted by Gasteiger charge is -2.22. The van der Waals surface area contributed by atoms with Gasteiger partial charge in [-0.15, -0.1) is 0 Å². The van der Waals surface area contributed by atoms with Crippen LogP contribution in [0, 0.1) is 19.3 Å². The monoisotopic (exact) mass is 430 g/mol. The highest BCUT2D eigenvalue weighted by Gasteiger charge is 2.33. The molecule has 1 aromatic carbocycles. The number of hydrogen-bond acceptors (Lipinski definition) is 3. The third kappa shape index (κ3) is 3.11. The number of aromatic nitrogens is 1. The Morgan fingerprint density at radius 2 is 1.89 bits per heavy atom. The predicted octanol–water partition coefficient (Wildman–Crippen LogP) is 5.57. The SMILES string of the molecule is CC1=CN2C(=N)/C(=C/c3cc(C)n(-c4ccc(Cl)c(Cl)c4)c3C)C(=O)N=C2S1. The summed E-state index contributed by atoms with van der Waals surface area (Å²) >= 11 is 13.6. The summed E-state index contributed by atoms with van der Waals surface area (Å²) in [6.07, 6.45) is 3.55. The van der Waals surface area contributed by atoms with Gasteiger partial charge in [0.2, 0.25) is 0 Å². The van der Waals surface area contributed by atoms with Gasteiger partial charge in [-0.25, -0.2) is 0 Å². The number of rotatable bonds is 2. The molecule has 0 unspecified atom stereocenters. The highest BCUT2D eigenvalue weighted by atomic mass is 35.5. The van der Waals surface area contributed by atoms with Crippen molar-refractivity contribution in [3.8, 4) is 5.69 Å². The molecule has 28 heavy (non-hydrogen) atoms. The van der Waals surface area contributed by atoms with Crippen LogP contribution in [0.15, 0.2) is 45.9 Å². The van der Waals surface area contributed by atoms with E-state index in [1.807, 2.05) is 43.7 Å². The Labute approximate surface area is 176 Å². The van der Waals surface area contributed by atoms with Gasteiger partial charge in [0.25, 0.3) is 5.91 Å². The topological polar surface area (TPSA) is 61.5 Å². The summed E-state index contributed by atoms with van der Waals surface area (Å²) in [7, 11) is 0. The number of nitrogens with zero attached hydrogens (tertiary/aromatic N) is 3. The van der Waals surface area contributed by atoms with Crippen molar-refractivity contribution < 1.29 is 4.79 Å². The van der Waals surface area contributed by atoms with Crippen molar-refractivity contribution in [2.45, 2.75) is 20.8 Å². The number of amides is 1. The van der Waals surface area contributed by atoms with Crippen LogP contribution in [0.3, 0.4) is 0 Å². The number of aliphatic imine (C=N–C) groups is 1. The van der Waals surface area contributed by atoms with Gasteiger partial charge in [-0.3, -0.25) is 15.1 Å². The minimum absolute atomic E-state index is 0.138. The molecule has 2 aliphatic rings. The Morgan fingerprint density at radius 1 is 1.14 bits per heavy atom. The van der Waals surface area contributed by atoms with E-state index in [0.717, 1.165) is 27.5 Å². The van der Waals surface area contributed by atoms with Crippen LogP contribution in [0.2, 0.25) is 10.0 Å². The largest absolute Gasteiger partial charge is 0.318 e. The first kappa shape index (κ1) is 19.1. The molecule has 1 N–H and O–H groups in total. The smallest absolute Gasteiger partial charge is 0.283 e. The molecule has 0 radical (unpaired) electrons. The summed E-state index contributed by atoms with van der Waals surface area (Å²) in [6, 6.07) is 7.43. The van der Waals surface area contributed by atoms with Crippen LogP contribution in [0.5, 0.6) is 0 Å². The van der Waals surface area contributed by atoms with Crippen molar-refractivity contribution in [3.63, 3.8) is 0 Å². The maximum Gasteiger partial charge on any atom is 0.283 e. The fourth-order valence-electron chi connectivity index (χ4n) is 3.31. The molecular weight excluding hydrogens is 415 g/mol. The number of hydrogen-bond donors (Lipinski definition) is 1. The van der Waals surface area contributed by atoms with Gasteiger partial charge in [0, 0.05) is 28.2 Å². The maximum atomic E-state index is 12.5. The minimum Gasteiger partial charge on any atom is -0.318 e. The number of amidine groups is 2. The van der Waals surface area contributed by atoms with Crippen LogP contribution in [-0.4, -0.2) is 26.4 Å². The van der Waals surface area contributed by atoms with Crippen molar-refractivity contribution in [1.29, 1.82) is 5.41 Å². The van der Waals surface area contributed by atoms with Crippen molar-refractivity contribution in [1.82, 2.24) is 9.47 Å². The zero-order chi connectivity index (χ0) is 20.2. The fourth-order valence-corrected chi connectivity index (χ4v) is 4.42. The van der Waals surface area contributed by atoms with Crippen molar-refractivity contribution >= 4 is 58.0 Å². The minimum atomic E-state index is -0.397. The normalized spacial score (nSPS) is 17.9. The Bertz CT molecular complexity index is 1140. The van der Waals surface area contributed by atoms with Gasteiger partial charge in [0.05, 0.1) is 15.6 Å². The molecule has 142 valence electrons. The number of carbonyl (C=O) groups is 1. The number of fused-ring (bicyclic) bond motifs is 1. The van der Waals surface area contributed by atoms with Crippen molar-refractivity contribution in [3.05, 3.63) is 67.9 Å². The molecule has 2 aliphatic heterocycles. The lowest BCUT2D eigenvalue weighted by atomic mass is 10.1. The Kier molecular flexibility index (Phi) is 4.73. The van der Waals surface area contributed by atoms with Gasteiger partial charge >= 0.3 is 0 Å². The Balaban J connectivity index is 1.78. The van der Waals surface area contributed by atoms with Gasteiger partial charge in [0.15, 0.2) is 5.17 Å². The molecule has 2 aromatic rings. The predicted molar refractivity (Wildman–Crippen MR) is 117 cm³/mol. The van der Waals surface area contributed by atoms with Gasteiger partial charge < -0.3 is 4.57 Å². The molecule has 4 rings (SSSR count). The molecule has 8 heteroatoms. The molecule has 0 bridgehead atoms. The quantitative estimate of drug-likeness (QED) is 0.633. The maximum absolute atomic E-state index is 12.5.